The Morgan fingerprint density at radius 1 is 0.778 bits per heavy atom. The van der Waals surface area contributed by atoms with Gasteiger partial charge in [0.25, 0.3) is 0 Å². The van der Waals surface area contributed by atoms with Crippen LogP contribution in [0.3, 0.4) is 0 Å². The van der Waals surface area contributed by atoms with Gasteiger partial charge < -0.3 is 9.80 Å². The van der Waals surface area contributed by atoms with Gasteiger partial charge in [0, 0.05) is 38.3 Å². The summed E-state index contributed by atoms with van der Waals surface area (Å²) in [6.07, 6.45) is 1.66. The van der Waals surface area contributed by atoms with Crippen LogP contribution in [0.1, 0.15) is 17.0 Å². The van der Waals surface area contributed by atoms with Crippen molar-refractivity contribution in [3.05, 3.63) is 70.7 Å². The molecule has 27 heavy (non-hydrogen) atoms. The van der Waals surface area contributed by atoms with E-state index >= 15 is 0 Å². The predicted octanol–water partition coefficient (Wildman–Crippen LogP) is 4.12. The highest BCUT2D eigenvalue weighted by molar-refractivity contribution is 7.15. The molecule has 0 bridgehead atoms. The number of anilines is 2. The van der Waals surface area contributed by atoms with Gasteiger partial charge in [0.2, 0.25) is 5.13 Å². The first-order chi connectivity index (χ1) is 13.2. The van der Waals surface area contributed by atoms with Crippen molar-refractivity contribution in [2.75, 3.05) is 36.0 Å². The lowest BCUT2D eigenvalue weighted by atomic mass is 10.2. The zero-order valence-electron chi connectivity index (χ0n) is 14.8. The molecule has 0 aliphatic carbocycles. The summed E-state index contributed by atoms with van der Waals surface area (Å²) in [7, 11) is 0. The SMILES string of the molecule is Fc1ccc(Cc2nnc(N3CCCN(c4ccc(F)cc4)CC3)s2)cc1. The summed E-state index contributed by atoms with van der Waals surface area (Å²) in [6, 6.07) is 13.2. The first-order valence-corrected chi connectivity index (χ1v) is 9.81. The summed E-state index contributed by atoms with van der Waals surface area (Å²) in [6.45, 7) is 3.56. The van der Waals surface area contributed by atoms with Crippen LogP contribution in [-0.2, 0) is 6.42 Å². The number of hydrogen-bond donors (Lipinski definition) is 0. The van der Waals surface area contributed by atoms with Crippen LogP contribution in [0.4, 0.5) is 19.6 Å². The molecule has 1 aliphatic heterocycles. The zero-order chi connectivity index (χ0) is 18.6. The Hall–Kier alpha value is -2.54. The third-order valence-corrected chi connectivity index (χ3v) is 5.67. The van der Waals surface area contributed by atoms with Crippen molar-refractivity contribution in [1.82, 2.24) is 10.2 Å². The van der Waals surface area contributed by atoms with E-state index in [9.17, 15) is 8.78 Å². The highest BCUT2D eigenvalue weighted by Crippen LogP contribution is 2.25. The minimum atomic E-state index is -0.230. The second-order valence-electron chi connectivity index (χ2n) is 6.59. The van der Waals surface area contributed by atoms with E-state index in [0.717, 1.165) is 54.0 Å². The molecule has 140 valence electrons. The van der Waals surface area contributed by atoms with Gasteiger partial charge in [-0.1, -0.05) is 23.5 Å². The van der Waals surface area contributed by atoms with Crippen molar-refractivity contribution < 1.29 is 8.78 Å². The number of hydrogen-bond acceptors (Lipinski definition) is 5. The van der Waals surface area contributed by atoms with Crippen LogP contribution in [0.15, 0.2) is 48.5 Å². The summed E-state index contributed by atoms with van der Waals surface area (Å²) in [5, 5.41) is 10.5. The molecule has 0 saturated carbocycles. The number of benzene rings is 2. The fraction of sp³-hybridized carbons (Fsp3) is 0.300. The van der Waals surface area contributed by atoms with E-state index in [-0.39, 0.29) is 11.6 Å². The van der Waals surface area contributed by atoms with Gasteiger partial charge in [-0.25, -0.2) is 8.78 Å². The van der Waals surface area contributed by atoms with Crippen LogP contribution in [0.2, 0.25) is 0 Å². The second-order valence-corrected chi connectivity index (χ2v) is 7.63. The van der Waals surface area contributed by atoms with Crippen molar-refractivity contribution in [2.24, 2.45) is 0 Å². The van der Waals surface area contributed by atoms with Crippen LogP contribution in [0, 0.1) is 11.6 Å². The van der Waals surface area contributed by atoms with Gasteiger partial charge in [-0.05, 0) is 48.4 Å². The maximum absolute atomic E-state index is 13.1. The Bertz CT molecular complexity index is 880. The van der Waals surface area contributed by atoms with Crippen LogP contribution in [0.5, 0.6) is 0 Å². The van der Waals surface area contributed by atoms with Crippen LogP contribution in [-0.4, -0.2) is 36.4 Å². The average Bonchev–Trinajstić information content (AvgIpc) is 2.99. The monoisotopic (exact) mass is 386 g/mol. The van der Waals surface area contributed by atoms with Crippen LogP contribution >= 0.6 is 11.3 Å². The maximum atomic E-state index is 13.1. The van der Waals surface area contributed by atoms with E-state index in [4.69, 9.17) is 0 Å². The molecule has 0 radical (unpaired) electrons. The molecule has 1 aromatic heterocycles. The molecule has 0 atom stereocenters. The highest BCUT2D eigenvalue weighted by Gasteiger charge is 2.18. The van der Waals surface area contributed by atoms with E-state index in [1.54, 1.807) is 23.5 Å². The lowest BCUT2D eigenvalue weighted by Crippen LogP contribution is -2.30. The standard InChI is InChI=1S/C20H20F2N4S/c21-16-4-2-15(3-5-16)14-19-23-24-20(27-19)26-11-1-10-25(12-13-26)18-8-6-17(22)7-9-18/h2-9H,1,10-14H2. The fourth-order valence-corrected chi connectivity index (χ4v) is 4.16. The summed E-state index contributed by atoms with van der Waals surface area (Å²) >= 11 is 1.59. The summed E-state index contributed by atoms with van der Waals surface area (Å²) in [4.78, 5) is 4.54. The number of rotatable bonds is 4. The van der Waals surface area contributed by atoms with E-state index < -0.39 is 0 Å². The van der Waals surface area contributed by atoms with Gasteiger partial charge in [-0.2, -0.15) is 0 Å². The van der Waals surface area contributed by atoms with E-state index in [1.165, 1.54) is 24.3 Å². The summed E-state index contributed by atoms with van der Waals surface area (Å²) < 4.78 is 26.2. The van der Waals surface area contributed by atoms with Crippen molar-refractivity contribution >= 4 is 22.2 Å². The molecule has 0 spiro atoms. The lowest BCUT2D eigenvalue weighted by molar-refractivity contribution is 0.627. The molecule has 4 nitrogen and oxygen atoms in total. The van der Waals surface area contributed by atoms with E-state index in [0.29, 0.717) is 6.42 Å². The summed E-state index contributed by atoms with van der Waals surface area (Å²) in [5.74, 6) is -0.440. The van der Waals surface area contributed by atoms with Gasteiger partial charge in [0.05, 0.1) is 0 Å². The Kier molecular flexibility index (Phi) is 5.29. The Balaban J connectivity index is 1.40. The molecular formula is C20H20F2N4S. The van der Waals surface area contributed by atoms with Gasteiger partial charge in [-0.15, -0.1) is 10.2 Å². The van der Waals surface area contributed by atoms with Gasteiger partial charge in [-0.3, -0.25) is 0 Å². The molecule has 1 fully saturated rings. The second kappa shape index (κ2) is 8.00. The number of aromatic nitrogens is 2. The molecule has 2 aromatic carbocycles. The Morgan fingerprint density at radius 3 is 2.15 bits per heavy atom. The van der Waals surface area contributed by atoms with E-state index in [2.05, 4.69) is 20.0 Å². The normalized spacial score (nSPS) is 15.0. The molecular weight excluding hydrogens is 366 g/mol. The van der Waals surface area contributed by atoms with Gasteiger partial charge >= 0.3 is 0 Å². The predicted molar refractivity (Wildman–Crippen MR) is 105 cm³/mol. The highest BCUT2D eigenvalue weighted by atomic mass is 32.1. The minimum Gasteiger partial charge on any atom is -0.370 e. The third-order valence-electron chi connectivity index (χ3n) is 4.68. The molecule has 4 rings (SSSR count). The third kappa shape index (κ3) is 4.42. The fourth-order valence-electron chi connectivity index (χ4n) is 3.24. The minimum absolute atomic E-state index is 0.210. The molecule has 0 amide bonds. The number of halogens is 2. The molecule has 1 saturated heterocycles. The molecule has 0 unspecified atom stereocenters. The van der Waals surface area contributed by atoms with Crippen LogP contribution < -0.4 is 9.80 Å². The van der Waals surface area contributed by atoms with Gasteiger partial charge in [0.1, 0.15) is 16.6 Å². The van der Waals surface area contributed by atoms with Crippen LogP contribution in [0.25, 0.3) is 0 Å². The largest absolute Gasteiger partial charge is 0.370 e. The Morgan fingerprint density at radius 2 is 1.41 bits per heavy atom. The number of nitrogens with zero attached hydrogens (tertiary/aromatic N) is 4. The lowest BCUT2D eigenvalue weighted by Gasteiger charge is -2.23. The van der Waals surface area contributed by atoms with Crippen molar-refractivity contribution in [2.45, 2.75) is 12.8 Å². The first kappa shape index (κ1) is 17.9. The topological polar surface area (TPSA) is 32.3 Å². The first-order valence-electron chi connectivity index (χ1n) is 9.00. The maximum Gasteiger partial charge on any atom is 0.208 e. The average molecular weight is 386 g/mol. The molecule has 2 heterocycles. The smallest absolute Gasteiger partial charge is 0.208 e. The zero-order valence-corrected chi connectivity index (χ0v) is 15.6. The van der Waals surface area contributed by atoms with Crippen molar-refractivity contribution in [3.63, 3.8) is 0 Å². The summed E-state index contributed by atoms with van der Waals surface area (Å²) in [5.41, 5.74) is 2.07. The van der Waals surface area contributed by atoms with Gasteiger partial charge in [0.15, 0.2) is 0 Å². The molecule has 7 heteroatoms. The Labute approximate surface area is 161 Å². The quantitative estimate of drug-likeness (QED) is 0.675. The van der Waals surface area contributed by atoms with Crippen molar-refractivity contribution in [3.8, 4) is 0 Å². The molecule has 0 N–H and O–H groups in total. The van der Waals surface area contributed by atoms with E-state index in [1.807, 2.05) is 12.1 Å². The van der Waals surface area contributed by atoms with Crippen molar-refractivity contribution in [1.29, 1.82) is 0 Å². The molecule has 3 aromatic rings. The molecule has 1 aliphatic rings.